The fraction of sp³-hybridized carbons (Fsp3) is 0.571. The molecule has 0 bridgehead atoms. The molecule has 0 amide bonds. The number of halogens is 1. The minimum Gasteiger partial charge on any atom is -0.383 e. The molecule has 3 nitrogen and oxygen atoms in total. The monoisotopic (exact) mass is 270 g/mol. The van der Waals surface area contributed by atoms with E-state index in [0.717, 1.165) is 24.4 Å². The molecule has 0 saturated carbocycles. The number of ether oxygens (including phenoxy) is 1. The highest BCUT2D eigenvalue weighted by molar-refractivity contribution is 6.30. The van der Waals surface area contributed by atoms with Crippen LogP contribution in [-0.4, -0.2) is 33.4 Å². The van der Waals surface area contributed by atoms with Gasteiger partial charge < -0.3 is 15.4 Å². The van der Waals surface area contributed by atoms with Crippen LogP contribution in [0, 0.1) is 0 Å². The molecule has 4 heteroatoms. The Labute approximate surface area is 115 Å². The van der Waals surface area contributed by atoms with Crippen LogP contribution in [0.5, 0.6) is 0 Å². The fourth-order valence-electron chi connectivity index (χ4n) is 1.87. The first-order valence-corrected chi connectivity index (χ1v) is 6.70. The Morgan fingerprint density at radius 2 is 2.17 bits per heavy atom. The van der Waals surface area contributed by atoms with E-state index in [2.05, 4.69) is 24.9 Å². The van der Waals surface area contributed by atoms with Gasteiger partial charge in [0.1, 0.15) is 0 Å². The molecule has 102 valence electrons. The number of hydrogen-bond acceptors (Lipinski definition) is 3. The first-order chi connectivity index (χ1) is 8.58. The predicted octanol–water partition coefficient (Wildman–Crippen LogP) is 2.70. The standard InChI is InChI=1S/C14H23ClN2O/c1-4-13(16)10-11-9-12(15)5-6-14(11)17(2)7-8-18-3/h5-6,9,13H,4,7-8,10,16H2,1-3H3. The van der Waals surface area contributed by atoms with Crippen molar-refractivity contribution in [1.82, 2.24) is 0 Å². The molecular weight excluding hydrogens is 248 g/mol. The Morgan fingerprint density at radius 3 is 2.78 bits per heavy atom. The first-order valence-electron chi connectivity index (χ1n) is 6.32. The maximum atomic E-state index is 6.07. The van der Waals surface area contributed by atoms with Crippen molar-refractivity contribution in [3.63, 3.8) is 0 Å². The lowest BCUT2D eigenvalue weighted by atomic mass is 10.0. The summed E-state index contributed by atoms with van der Waals surface area (Å²) in [6.07, 6.45) is 1.82. The fourth-order valence-corrected chi connectivity index (χ4v) is 2.06. The average Bonchev–Trinajstić information content (AvgIpc) is 2.36. The molecule has 0 aliphatic rings. The normalized spacial score (nSPS) is 12.5. The number of rotatable bonds is 7. The average molecular weight is 271 g/mol. The van der Waals surface area contributed by atoms with Gasteiger partial charge in [0.15, 0.2) is 0 Å². The van der Waals surface area contributed by atoms with E-state index in [1.165, 1.54) is 11.3 Å². The van der Waals surface area contributed by atoms with Crippen molar-refractivity contribution >= 4 is 17.3 Å². The summed E-state index contributed by atoms with van der Waals surface area (Å²) < 4.78 is 5.11. The summed E-state index contributed by atoms with van der Waals surface area (Å²) >= 11 is 6.07. The second kappa shape index (κ2) is 7.62. The van der Waals surface area contributed by atoms with Crippen LogP contribution in [0.2, 0.25) is 5.02 Å². The predicted molar refractivity (Wildman–Crippen MR) is 78.6 cm³/mol. The van der Waals surface area contributed by atoms with E-state index < -0.39 is 0 Å². The van der Waals surface area contributed by atoms with Crippen LogP contribution in [-0.2, 0) is 11.2 Å². The molecule has 0 fully saturated rings. The van der Waals surface area contributed by atoms with Gasteiger partial charge in [0.2, 0.25) is 0 Å². The summed E-state index contributed by atoms with van der Waals surface area (Å²) in [5.74, 6) is 0. The Bertz CT molecular complexity index is 371. The molecule has 0 aliphatic carbocycles. The Hall–Kier alpha value is -0.770. The van der Waals surface area contributed by atoms with Crippen LogP contribution in [0.3, 0.4) is 0 Å². The lowest BCUT2D eigenvalue weighted by Gasteiger charge is -2.23. The van der Waals surface area contributed by atoms with Crippen LogP contribution in [0.15, 0.2) is 18.2 Å². The van der Waals surface area contributed by atoms with Crippen molar-refractivity contribution in [2.75, 3.05) is 32.2 Å². The molecule has 1 aromatic carbocycles. The van der Waals surface area contributed by atoms with Crippen molar-refractivity contribution < 1.29 is 4.74 Å². The number of likely N-dealkylation sites (N-methyl/N-ethyl adjacent to an activating group) is 1. The largest absolute Gasteiger partial charge is 0.383 e. The number of nitrogens with two attached hydrogens (primary N) is 1. The van der Waals surface area contributed by atoms with Gasteiger partial charge in [0.05, 0.1) is 6.61 Å². The second-order valence-electron chi connectivity index (χ2n) is 4.56. The number of anilines is 1. The van der Waals surface area contributed by atoms with Crippen LogP contribution in [0.1, 0.15) is 18.9 Å². The van der Waals surface area contributed by atoms with Crippen LogP contribution < -0.4 is 10.6 Å². The summed E-state index contributed by atoms with van der Waals surface area (Å²) in [6, 6.07) is 6.16. The van der Waals surface area contributed by atoms with Crippen LogP contribution in [0.4, 0.5) is 5.69 Å². The molecular formula is C14H23ClN2O. The third-order valence-corrected chi connectivity index (χ3v) is 3.33. The maximum Gasteiger partial charge on any atom is 0.0637 e. The second-order valence-corrected chi connectivity index (χ2v) is 5.00. The minimum atomic E-state index is 0.179. The van der Waals surface area contributed by atoms with Crippen molar-refractivity contribution in [3.05, 3.63) is 28.8 Å². The van der Waals surface area contributed by atoms with E-state index in [4.69, 9.17) is 22.1 Å². The summed E-state index contributed by atoms with van der Waals surface area (Å²) in [4.78, 5) is 2.18. The summed E-state index contributed by atoms with van der Waals surface area (Å²) in [5.41, 5.74) is 8.42. The number of hydrogen-bond donors (Lipinski definition) is 1. The summed E-state index contributed by atoms with van der Waals surface area (Å²) in [7, 11) is 3.77. The van der Waals surface area contributed by atoms with Gasteiger partial charge in [-0.3, -0.25) is 0 Å². The molecule has 0 heterocycles. The molecule has 18 heavy (non-hydrogen) atoms. The summed E-state index contributed by atoms with van der Waals surface area (Å²) in [6.45, 7) is 3.66. The molecule has 0 spiro atoms. The van der Waals surface area contributed by atoms with Crippen molar-refractivity contribution in [3.8, 4) is 0 Å². The van der Waals surface area contributed by atoms with Crippen LogP contribution >= 0.6 is 11.6 Å². The van der Waals surface area contributed by atoms with E-state index in [1.54, 1.807) is 7.11 Å². The smallest absolute Gasteiger partial charge is 0.0637 e. The number of benzene rings is 1. The molecule has 2 N–H and O–H groups in total. The van der Waals surface area contributed by atoms with Gasteiger partial charge in [-0.1, -0.05) is 18.5 Å². The lowest BCUT2D eigenvalue weighted by Crippen LogP contribution is -2.26. The molecule has 0 saturated heterocycles. The highest BCUT2D eigenvalue weighted by Crippen LogP contribution is 2.25. The van der Waals surface area contributed by atoms with Gasteiger partial charge >= 0.3 is 0 Å². The van der Waals surface area contributed by atoms with E-state index in [1.807, 2.05) is 12.1 Å². The molecule has 1 aromatic rings. The van der Waals surface area contributed by atoms with Crippen LogP contribution in [0.25, 0.3) is 0 Å². The highest BCUT2D eigenvalue weighted by atomic mass is 35.5. The molecule has 0 aliphatic heterocycles. The molecule has 0 radical (unpaired) electrons. The zero-order chi connectivity index (χ0) is 13.5. The Morgan fingerprint density at radius 1 is 1.44 bits per heavy atom. The van der Waals surface area contributed by atoms with E-state index >= 15 is 0 Å². The molecule has 1 rings (SSSR count). The van der Waals surface area contributed by atoms with E-state index in [-0.39, 0.29) is 6.04 Å². The zero-order valence-electron chi connectivity index (χ0n) is 11.4. The van der Waals surface area contributed by atoms with Gasteiger partial charge in [-0.2, -0.15) is 0 Å². The van der Waals surface area contributed by atoms with Gasteiger partial charge in [-0.05, 0) is 36.6 Å². The third-order valence-electron chi connectivity index (χ3n) is 3.09. The van der Waals surface area contributed by atoms with Crippen molar-refractivity contribution in [1.29, 1.82) is 0 Å². The molecule has 1 unspecified atom stereocenters. The SMILES string of the molecule is CCC(N)Cc1cc(Cl)ccc1N(C)CCOC. The number of methoxy groups -OCH3 is 1. The molecule has 0 aromatic heterocycles. The van der Waals surface area contributed by atoms with Gasteiger partial charge in [-0.15, -0.1) is 0 Å². The highest BCUT2D eigenvalue weighted by Gasteiger charge is 2.11. The quantitative estimate of drug-likeness (QED) is 0.828. The lowest BCUT2D eigenvalue weighted by molar-refractivity contribution is 0.206. The Balaban J connectivity index is 2.88. The van der Waals surface area contributed by atoms with Gasteiger partial charge in [0, 0.05) is 37.5 Å². The van der Waals surface area contributed by atoms with Gasteiger partial charge in [-0.25, -0.2) is 0 Å². The summed E-state index contributed by atoms with van der Waals surface area (Å²) in [5, 5.41) is 0.761. The first kappa shape index (κ1) is 15.3. The topological polar surface area (TPSA) is 38.5 Å². The Kier molecular flexibility index (Phi) is 6.47. The number of nitrogens with zero attached hydrogens (tertiary/aromatic N) is 1. The zero-order valence-corrected chi connectivity index (χ0v) is 12.2. The van der Waals surface area contributed by atoms with Crippen molar-refractivity contribution in [2.24, 2.45) is 5.73 Å². The third kappa shape index (κ3) is 4.48. The minimum absolute atomic E-state index is 0.179. The van der Waals surface area contributed by atoms with Gasteiger partial charge in [0.25, 0.3) is 0 Å². The maximum absolute atomic E-state index is 6.07. The van der Waals surface area contributed by atoms with E-state index in [9.17, 15) is 0 Å². The van der Waals surface area contributed by atoms with E-state index in [0.29, 0.717) is 6.61 Å². The molecule has 1 atom stereocenters. The van der Waals surface area contributed by atoms with Crippen molar-refractivity contribution in [2.45, 2.75) is 25.8 Å².